The van der Waals surface area contributed by atoms with Crippen molar-refractivity contribution in [3.05, 3.63) is 28.3 Å². The number of hydrogen-bond donors (Lipinski definition) is 1. The van der Waals surface area contributed by atoms with E-state index in [1.165, 1.54) is 0 Å². The van der Waals surface area contributed by atoms with Gasteiger partial charge in [0.25, 0.3) is 10.1 Å². The summed E-state index contributed by atoms with van der Waals surface area (Å²) >= 11 is 0. The van der Waals surface area contributed by atoms with Crippen LogP contribution >= 0.6 is 0 Å². The van der Waals surface area contributed by atoms with Gasteiger partial charge in [0.2, 0.25) is 0 Å². The number of benzene rings is 1. The Balaban J connectivity index is 0.00000324. The second-order valence-corrected chi connectivity index (χ2v) is 4.86. The quantitative estimate of drug-likeness (QED) is 0.335. The number of carbonyl (C=O) groups excluding carboxylic acids is 2. The third-order valence-electron chi connectivity index (χ3n) is 2.37. The molecule has 0 radical (unpaired) electrons. The van der Waals surface area contributed by atoms with Crippen LogP contribution in [0.2, 0.25) is 0 Å². The van der Waals surface area contributed by atoms with Crippen molar-refractivity contribution in [3.63, 3.8) is 0 Å². The van der Waals surface area contributed by atoms with E-state index >= 15 is 0 Å². The van der Waals surface area contributed by atoms with E-state index in [1.807, 2.05) is 6.07 Å². The van der Waals surface area contributed by atoms with Crippen molar-refractivity contribution in [2.45, 2.75) is 18.7 Å². The summed E-state index contributed by atoms with van der Waals surface area (Å²) in [5.41, 5.74) is -1.98. The van der Waals surface area contributed by atoms with Gasteiger partial charge in [0.15, 0.2) is 0 Å². The van der Waals surface area contributed by atoms with Gasteiger partial charge in [-0.05, 0) is 5.97 Å². The molecule has 0 unspecified atom stereocenters. The largest absolute Gasteiger partial charge is 1.00 e. The monoisotopic (exact) mass is 294 g/mol. The molecule has 0 aliphatic heterocycles. The van der Waals surface area contributed by atoms with E-state index < -0.39 is 38.1 Å². The Labute approximate surface area is 131 Å². The Kier molecular flexibility index (Phi) is 5.72. The normalized spacial score (nSPS) is 10.7. The van der Waals surface area contributed by atoms with Gasteiger partial charge in [-0.15, -0.1) is 22.8 Å². The third-order valence-corrected chi connectivity index (χ3v) is 3.29. The van der Waals surface area contributed by atoms with Gasteiger partial charge >= 0.3 is 29.6 Å². The van der Waals surface area contributed by atoms with E-state index in [1.54, 1.807) is 0 Å². The average molecular weight is 294 g/mol. The summed E-state index contributed by atoms with van der Waals surface area (Å²) in [4.78, 5) is 20.7. The molecule has 7 nitrogen and oxygen atoms in total. The molecule has 9 heteroatoms. The predicted octanol–water partition coefficient (Wildman–Crippen LogP) is -4.92. The molecular weight excluding hydrogens is 287 g/mol. The molecule has 1 aromatic carbocycles. The van der Waals surface area contributed by atoms with Crippen LogP contribution in [0, 0.1) is 19.9 Å². The summed E-state index contributed by atoms with van der Waals surface area (Å²) < 4.78 is 30.9. The topological polar surface area (TPSA) is 135 Å². The van der Waals surface area contributed by atoms with Gasteiger partial charge in [0, 0.05) is 4.90 Å². The van der Waals surface area contributed by atoms with Crippen LogP contribution in [0.3, 0.4) is 0 Å². The maximum absolute atomic E-state index is 11.0. The fourth-order valence-electron chi connectivity index (χ4n) is 1.59. The standard InChI is InChI=1S/C10H9O7S.Na/c1-4-6(9(11)12)3-7(18(15,16)17)5(2)8(4)10(13)14;/h1-2H3,(H,11,12)(H,13,14)(H,15,16,17);/q-1;+1/p-2. The molecule has 0 aromatic heterocycles. The van der Waals surface area contributed by atoms with Gasteiger partial charge in [-0.3, -0.25) is 4.55 Å². The number of carboxylic acids is 2. The van der Waals surface area contributed by atoms with Gasteiger partial charge in [-0.1, -0.05) is 19.4 Å². The third kappa shape index (κ3) is 3.54. The molecule has 1 N–H and O–H groups in total. The molecule has 19 heavy (non-hydrogen) atoms. The number of carbonyl (C=O) groups is 2. The van der Waals surface area contributed by atoms with Gasteiger partial charge in [-0.25, -0.2) is 0 Å². The summed E-state index contributed by atoms with van der Waals surface area (Å²) in [5, 5.41) is 21.6. The zero-order valence-electron chi connectivity index (χ0n) is 10.3. The molecule has 98 valence electrons. The van der Waals surface area contributed by atoms with E-state index in [2.05, 4.69) is 0 Å². The Bertz CT molecular complexity index is 648. The van der Waals surface area contributed by atoms with Crippen LogP contribution in [0.5, 0.6) is 0 Å². The molecule has 0 heterocycles. The average Bonchev–Trinajstić information content (AvgIpc) is 2.13. The summed E-state index contributed by atoms with van der Waals surface area (Å²) in [5.74, 6) is -3.56. The van der Waals surface area contributed by atoms with Crippen LogP contribution in [0.25, 0.3) is 0 Å². The van der Waals surface area contributed by atoms with Crippen LogP contribution in [0.15, 0.2) is 4.90 Å². The Morgan fingerprint density at radius 3 is 1.89 bits per heavy atom. The molecule has 0 saturated carbocycles. The van der Waals surface area contributed by atoms with Gasteiger partial charge in [-0.2, -0.15) is 8.42 Å². The summed E-state index contributed by atoms with van der Waals surface area (Å²) in [6.45, 7) is 2.24. The van der Waals surface area contributed by atoms with Gasteiger partial charge in [0.05, 0.1) is 5.97 Å². The van der Waals surface area contributed by atoms with E-state index in [0.717, 1.165) is 13.8 Å². The fourth-order valence-corrected chi connectivity index (χ4v) is 2.31. The molecule has 1 rings (SSSR count). The zero-order valence-corrected chi connectivity index (χ0v) is 13.1. The molecule has 0 fully saturated rings. The number of carboxylic acid groups (broad SMARTS) is 2. The van der Waals surface area contributed by atoms with Crippen LogP contribution in [-0.4, -0.2) is 24.9 Å². The summed E-state index contributed by atoms with van der Waals surface area (Å²) in [6.07, 6.45) is 0. The molecule has 0 amide bonds. The molecule has 0 aliphatic rings. The maximum atomic E-state index is 11.0. The van der Waals surface area contributed by atoms with E-state index in [9.17, 15) is 28.2 Å². The first-order valence-electron chi connectivity index (χ1n) is 4.54. The molecular formula is C10H7NaO7S-2. The van der Waals surface area contributed by atoms with Crippen molar-refractivity contribution in [1.29, 1.82) is 0 Å². The zero-order chi connectivity index (χ0) is 14.2. The Hall–Kier alpha value is -0.930. The van der Waals surface area contributed by atoms with Crippen molar-refractivity contribution in [3.8, 4) is 0 Å². The SMILES string of the molecule is Cc1c(C(=O)[O-])[c-]c(S(=O)(=O)O)c(C)c1C(=O)[O-].[Na+]. The van der Waals surface area contributed by atoms with Crippen molar-refractivity contribution in [2.24, 2.45) is 0 Å². The number of rotatable bonds is 3. The second kappa shape index (κ2) is 6.02. The smallest absolute Gasteiger partial charge is 0.603 e. The van der Waals surface area contributed by atoms with E-state index in [4.69, 9.17) is 4.55 Å². The minimum atomic E-state index is -4.80. The first kappa shape index (κ1) is 18.1. The first-order chi connectivity index (χ1) is 8.07. The van der Waals surface area contributed by atoms with E-state index in [0.29, 0.717) is 0 Å². The molecule has 0 atom stereocenters. The molecule has 0 spiro atoms. The van der Waals surface area contributed by atoms with Crippen molar-refractivity contribution in [1.82, 2.24) is 0 Å². The minimum absolute atomic E-state index is 0. The molecule has 0 saturated heterocycles. The van der Waals surface area contributed by atoms with Crippen LogP contribution in [0.1, 0.15) is 31.8 Å². The Morgan fingerprint density at radius 1 is 1.11 bits per heavy atom. The van der Waals surface area contributed by atoms with Crippen molar-refractivity contribution < 1.29 is 62.3 Å². The fraction of sp³-hybridized carbons (Fsp3) is 0.200. The van der Waals surface area contributed by atoms with Crippen LogP contribution in [0.4, 0.5) is 0 Å². The minimum Gasteiger partial charge on any atom is -0.603 e. The Morgan fingerprint density at radius 2 is 1.58 bits per heavy atom. The van der Waals surface area contributed by atoms with Crippen LogP contribution in [-0.2, 0) is 10.1 Å². The summed E-state index contributed by atoms with van der Waals surface area (Å²) in [7, 11) is -4.80. The first-order valence-corrected chi connectivity index (χ1v) is 5.98. The molecule has 0 aliphatic carbocycles. The van der Waals surface area contributed by atoms with Gasteiger partial charge in [0.1, 0.15) is 0 Å². The van der Waals surface area contributed by atoms with Crippen LogP contribution < -0.4 is 39.8 Å². The maximum Gasteiger partial charge on any atom is 1.00 e. The number of aromatic carboxylic acids is 2. The summed E-state index contributed by atoms with van der Waals surface area (Å²) in [6, 6.07) is 1.92. The molecule has 0 bridgehead atoms. The van der Waals surface area contributed by atoms with Crippen molar-refractivity contribution >= 4 is 22.1 Å². The van der Waals surface area contributed by atoms with Crippen molar-refractivity contribution in [2.75, 3.05) is 0 Å². The van der Waals surface area contributed by atoms with Gasteiger partial charge < -0.3 is 19.8 Å². The number of hydrogen-bond acceptors (Lipinski definition) is 6. The predicted molar refractivity (Wildman–Crippen MR) is 53.2 cm³/mol. The second-order valence-electron chi connectivity index (χ2n) is 3.50. The molecule has 1 aromatic rings. The van der Waals surface area contributed by atoms with E-state index in [-0.39, 0.29) is 40.7 Å².